The molecule has 2 rings (SSSR count). The van der Waals surface area contributed by atoms with Crippen LogP contribution in [0.2, 0.25) is 0 Å². The van der Waals surface area contributed by atoms with Gasteiger partial charge in [-0.2, -0.15) is 0 Å². The molecule has 0 aliphatic heterocycles. The molecule has 0 amide bonds. The van der Waals surface area contributed by atoms with Gasteiger partial charge in [-0.3, -0.25) is 0 Å². The lowest BCUT2D eigenvalue weighted by atomic mass is 9.94. The largest absolute Gasteiger partial charge is 0.491 e. The van der Waals surface area contributed by atoms with Gasteiger partial charge in [0.25, 0.3) is 0 Å². The second kappa shape index (κ2) is 6.38. The highest BCUT2D eigenvalue weighted by atomic mass is 19.1. The van der Waals surface area contributed by atoms with Gasteiger partial charge in [-0.25, -0.2) is 4.39 Å². The number of hydrogen-bond donors (Lipinski definition) is 1. The molecule has 1 aromatic carbocycles. The lowest BCUT2D eigenvalue weighted by Crippen LogP contribution is -2.15. The predicted molar refractivity (Wildman–Crippen MR) is 71.8 cm³/mol. The maximum absolute atomic E-state index is 13.8. The zero-order valence-electron chi connectivity index (χ0n) is 10.9. The monoisotopic (exact) mass is 263 g/mol. The van der Waals surface area contributed by atoms with E-state index < -0.39 is 0 Å². The third kappa shape index (κ3) is 3.35. The SMILES string of the molecule is CCOc1ccc(C(CN)Cc2ccco2)cc1F. The van der Waals surface area contributed by atoms with Crippen molar-refractivity contribution in [2.24, 2.45) is 5.73 Å². The molecule has 0 saturated carbocycles. The van der Waals surface area contributed by atoms with Crippen LogP contribution < -0.4 is 10.5 Å². The molecule has 19 heavy (non-hydrogen) atoms. The summed E-state index contributed by atoms with van der Waals surface area (Å²) in [6, 6.07) is 8.73. The molecule has 1 heterocycles. The van der Waals surface area contributed by atoms with Gasteiger partial charge in [0, 0.05) is 12.3 Å². The molecule has 1 unspecified atom stereocenters. The summed E-state index contributed by atoms with van der Waals surface area (Å²) in [5.41, 5.74) is 6.63. The highest BCUT2D eigenvalue weighted by Crippen LogP contribution is 2.25. The molecular weight excluding hydrogens is 245 g/mol. The van der Waals surface area contributed by atoms with Crippen LogP contribution in [0.15, 0.2) is 41.0 Å². The van der Waals surface area contributed by atoms with Crippen LogP contribution in [0.5, 0.6) is 5.75 Å². The highest BCUT2D eigenvalue weighted by molar-refractivity contribution is 5.32. The number of hydrogen-bond acceptors (Lipinski definition) is 3. The van der Waals surface area contributed by atoms with E-state index in [1.54, 1.807) is 12.3 Å². The number of halogens is 1. The summed E-state index contributed by atoms with van der Waals surface area (Å²) in [6.45, 7) is 2.71. The third-order valence-electron chi connectivity index (χ3n) is 3.04. The quantitative estimate of drug-likeness (QED) is 0.871. The molecule has 1 aromatic heterocycles. The summed E-state index contributed by atoms with van der Waals surface area (Å²) in [4.78, 5) is 0. The van der Waals surface area contributed by atoms with E-state index in [1.165, 1.54) is 6.07 Å². The zero-order chi connectivity index (χ0) is 13.7. The van der Waals surface area contributed by atoms with E-state index in [-0.39, 0.29) is 17.5 Å². The first-order chi connectivity index (χ1) is 9.24. The van der Waals surface area contributed by atoms with E-state index in [4.69, 9.17) is 14.9 Å². The van der Waals surface area contributed by atoms with Gasteiger partial charge in [-0.1, -0.05) is 6.07 Å². The van der Waals surface area contributed by atoms with E-state index in [1.807, 2.05) is 25.1 Å². The third-order valence-corrected chi connectivity index (χ3v) is 3.04. The first-order valence-electron chi connectivity index (χ1n) is 6.39. The minimum atomic E-state index is -0.350. The minimum Gasteiger partial charge on any atom is -0.491 e. The Morgan fingerprint density at radius 1 is 1.37 bits per heavy atom. The van der Waals surface area contributed by atoms with E-state index in [9.17, 15) is 4.39 Å². The summed E-state index contributed by atoms with van der Waals surface area (Å²) in [7, 11) is 0. The van der Waals surface area contributed by atoms with Crippen molar-refractivity contribution in [3.8, 4) is 5.75 Å². The van der Waals surface area contributed by atoms with Gasteiger partial charge in [-0.05, 0) is 43.3 Å². The molecular formula is C15H18FNO2. The molecule has 0 aliphatic carbocycles. The minimum absolute atomic E-state index is 0.0383. The maximum atomic E-state index is 13.8. The van der Waals surface area contributed by atoms with Crippen molar-refractivity contribution in [3.63, 3.8) is 0 Å². The maximum Gasteiger partial charge on any atom is 0.165 e. The van der Waals surface area contributed by atoms with Gasteiger partial charge in [0.05, 0.1) is 12.9 Å². The molecule has 0 aliphatic rings. The van der Waals surface area contributed by atoms with Gasteiger partial charge in [0.2, 0.25) is 0 Å². The van der Waals surface area contributed by atoms with Crippen LogP contribution in [-0.4, -0.2) is 13.2 Å². The van der Waals surface area contributed by atoms with Gasteiger partial charge < -0.3 is 14.9 Å². The van der Waals surface area contributed by atoms with Gasteiger partial charge in [0.15, 0.2) is 11.6 Å². The Morgan fingerprint density at radius 2 is 2.21 bits per heavy atom. The number of rotatable bonds is 6. The molecule has 2 N–H and O–H groups in total. The predicted octanol–water partition coefficient (Wildman–Crippen LogP) is 3.10. The molecule has 0 saturated heterocycles. The Balaban J connectivity index is 2.16. The van der Waals surface area contributed by atoms with Gasteiger partial charge >= 0.3 is 0 Å². The zero-order valence-corrected chi connectivity index (χ0v) is 10.9. The first kappa shape index (κ1) is 13.6. The Kier molecular flexibility index (Phi) is 4.58. The lowest BCUT2D eigenvalue weighted by Gasteiger charge is -2.15. The van der Waals surface area contributed by atoms with Crippen LogP contribution >= 0.6 is 0 Å². The van der Waals surface area contributed by atoms with Crippen LogP contribution in [0.25, 0.3) is 0 Å². The summed E-state index contributed by atoms with van der Waals surface area (Å²) < 4.78 is 24.3. The standard InChI is InChI=1S/C15H18FNO2/c1-2-18-15-6-5-11(9-14(15)16)12(10-17)8-13-4-3-7-19-13/h3-7,9,12H,2,8,10,17H2,1H3. The van der Waals surface area contributed by atoms with Crippen molar-refractivity contribution < 1.29 is 13.5 Å². The fourth-order valence-electron chi connectivity index (χ4n) is 2.05. The Bertz CT molecular complexity index is 511. The molecule has 0 radical (unpaired) electrons. The average molecular weight is 263 g/mol. The van der Waals surface area contributed by atoms with Crippen LogP contribution in [-0.2, 0) is 6.42 Å². The fraction of sp³-hybridized carbons (Fsp3) is 0.333. The van der Waals surface area contributed by atoms with E-state index in [2.05, 4.69) is 0 Å². The summed E-state index contributed by atoms with van der Waals surface area (Å²) in [5, 5.41) is 0. The van der Waals surface area contributed by atoms with E-state index in [0.29, 0.717) is 19.6 Å². The number of ether oxygens (including phenoxy) is 1. The van der Waals surface area contributed by atoms with Crippen LogP contribution in [0, 0.1) is 5.82 Å². The van der Waals surface area contributed by atoms with Gasteiger partial charge in [-0.15, -0.1) is 0 Å². The summed E-state index contributed by atoms with van der Waals surface area (Å²) in [5.74, 6) is 0.818. The number of benzene rings is 1. The molecule has 0 bridgehead atoms. The van der Waals surface area contributed by atoms with E-state index in [0.717, 1.165) is 11.3 Å². The molecule has 4 heteroatoms. The number of nitrogens with two attached hydrogens (primary N) is 1. The van der Waals surface area contributed by atoms with Crippen LogP contribution in [0.4, 0.5) is 4.39 Å². The van der Waals surface area contributed by atoms with Crippen molar-refractivity contribution >= 4 is 0 Å². The lowest BCUT2D eigenvalue weighted by molar-refractivity contribution is 0.321. The average Bonchev–Trinajstić information content (AvgIpc) is 2.91. The second-order valence-electron chi connectivity index (χ2n) is 4.34. The van der Waals surface area contributed by atoms with Crippen LogP contribution in [0.1, 0.15) is 24.2 Å². The van der Waals surface area contributed by atoms with Crippen molar-refractivity contribution in [2.45, 2.75) is 19.3 Å². The van der Waals surface area contributed by atoms with Crippen molar-refractivity contribution in [1.29, 1.82) is 0 Å². The second-order valence-corrected chi connectivity index (χ2v) is 4.34. The molecule has 1 atom stereocenters. The summed E-state index contributed by atoms with van der Waals surface area (Å²) in [6.07, 6.45) is 2.29. The van der Waals surface area contributed by atoms with Crippen molar-refractivity contribution in [2.75, 3.05) is 13.2 Å². The van der Waals surface area contributed by atoms with Crippen molar-refractivity contribution in [1.82, 2.24) is 0 Å². The first-order valence-corrected chi connectivity index (χ1v) is 6.39. The Hall–Kier alpha value is -1.81. The van der Waals surface area contributed by atoms with E-state index >= 15 is 0 Å². The summed E-state index contributed by atoms with van der Waals surface area (Å²) >= 11 is 0. The Labute approximate surface area is 112 Å². The molecule has 0 spiro atoms. The fourth-order valence-corrected chi connectivity index (χ4v) is 2.05. The van der Waals surface area contributed by atoms with Gasteiger partial charge in [0.1, 0.15) is 5.76 Å². The smallest absolute Gasteiger partial charge is 0.165 e. The highest BCUT2D eigenvalue weighted by Gasteiger charge is 2.14. The molecule has 2 aromatic rings. The topological polar surface area (TPSA) is 48.4 Å². The molecule has 0 fully saturated rings. The Morgan fingerprint density at radius 3 is 2.79 bits per heavy atom. The molecule has 102 valence electrons. The molecule has 3 nitrogen and oxygen atoms in total. The number of furan rings is 1. The van der Waals surface area contributed by atoms with Crippen molar-refractivity contribution in [3.05, 3.63) is 53.7 Å². The normalized spacial score (nSPS) is 12.4. The van der Waals surface area contributed by atoms with Crippen LogP contribution in [0.3, 0.4) is 0 Å².